The van der Waals surface area contributed by atoms with Gasteiger partial charge in [0, 0.05) is 28.4 Å². The summed E-state index contributed by atoms with van der Waals surface area (Å²) < 4.78 is 7.31. The van der Waals surface area contributed by atoms with Crippen molar-refractivity contribution >= 4 is 39.0 Å². The van der Waals surface area contributed by atoms with E-state index in [-0.39, 0.29) is 5.75 Å². The van der Waals surface area contributed by atoms with Gasteiger partial charge in [-0.15, -0.1) is 4.91 Å². The lowest BCUT2D eigenvalue weighted by atomic mass is 10.0. The number of ether oxygens (including phenoxy) is 1. The van der Waals surface area contributed by atoms with Crippen molar-refractivity contribution in [1.29, 1.82) is 0 Å². The minimum absolute atomic E-state index is 0.157. The Balaban J connectivity index is 2.09. The second-order valence-electron chi connectivity index (χ2n) is 6.98. The van der Waals surface area contributed by atoms with Crippen LogP contribution in [0.4, 0.5) is 5.69 Å². The number of phenolic OH excluding ortho intramolecular Hbond substituents is 1. The zero-order valence-electron chi connectivity index (χ0n) is 16.3. The van der Waals surface area contributed by atoms with Gasteiger partial charge < -0.3 is 14.4 Å². The Hall–Kier alpha value is -3.05. The van der Waals surface area contributed by atoms with Crippen LogP contribution in [0.25, 0.3) is 32.9 Å². The lowest BCUT2D eigenvalue weighted by Gasteiger charge is -2.13. The van der Waals surface area contributed by atoms with Crippen molar-refractivity contribution in [3.05, 3.63) is 58.5 Å². The number of hydrogen-bond acceptors (Lipinski definition) is 4. The molecule has 6 heteroatoms. The van der Waals surface area contributed by atoms with Crippen LogP contribution in [-0.2, 0) is 6.54 Å². The van der Waals surface area contributed by atoms with E-state index in [1.54, 1.807) is 19.2 Å². The molecule has 1 N–H and O–H groups in total. The molecule has 0 atom stereocenters. The number of nitrogens with zero attached hydrogens (tertiary/aromatic N) is 2. The predicted molar refractivity (Wildman–Crippen MR) is 118 cm³/mol. The fraction of sp³-hybridized carbons (Fsp3) is 0.217. The number of halogens is 1. The van der Waals surface area contributed by atoms with Gasteiger partial charge in [-0.2, -0.15) is 0 Å². The van der Waals surface area contributed by atoms with E-state index in [9.17, 15) is 10.0 Å². The molecular weight excluding hydrogens is 388 g/mol. The number of methoxy groups -OCH3 is 1. The van der Waals surface area contributed by atoms with E-state index in [2.05, 4.69) is 12.1 Å². The summed E-state index contributed by atoms with van der Waals surface area (Å²) in [7, 11) is 1.57. The van der Waals surface area contributed by atoms with Gasteiger partial charge in [-0.25, -0.2) is 0 Å². The van der Waals surface area contributed by atoms with Crippen LogP contribution >= 0.6 is 11.6 Å². The second-order valence-corrected chi connectivity index (χ2v) is 7.39. The van der Waals surface area contributed by atoms with E-state index in [1.807, 2.05) is 41.0 Å². The Labute approximate surface area is 173 Å². The molecule has 5 nitrogen and oxygen atoms in total. The van der Waals surface area contributed by atoms with E-state index >= 15 is 0 Å². The molecule has 1 aromatic heterocycles. The quantitative estimate of drug-likeness (QED) is 0.348. The standard InChI is InChI=1S/C23H21ClN2O3/c1-3-4-11-26-19(14-9-10-20(29-2)18(24)12-14)13-17-21(25-28)15-7-5-6-8-16(15)23(27)22(17)26/h5-10,12-13,27H,3-4,11H2,1-2H3. The van der Waals surface area contributed by atoms with Crippen LogP contribution in [-0.4, -0.2) is 16.8 Å². The monoisotopic (exact) mass is 408 g/mol. The van der Waals surface area contributed by atoms with Gasteiger partial charge in [-0.3, -0.25) is 0 Å². The molecule has 0 amide bonds. The average Bonchev–Trinajstić information content (AvgIpc) is 3.12. The number of nitroso groups, excluding NO2 is 1. The second kappa shape index (κ2) is 7.76. The highest BCUT2D eigenvalue weighted by Crippen LogP contribution is 2.45. The van der Waals surface area contributed by atoms with Crippen LogP contribution in [0.15, 0.2) is 53.7 Å². The third-order valence-corrected chi connectivity index (χ3v) is 5.58. The van der Waals surface area contributed by atoms with Gasteiger partial charge in [-0.1, -0.05) is 49.2 Å². The van der Waals surface area contributed by atoms with Gasteiger partial charge in [0.1, 0.15) is 17.2 Å². The number of phenols is 1. The summed E-state index contributed by atoms with van der Waals surface area (Å²) in [5, 5.41) is 16.8. The molecule has 0 bridgehead atoms. The molecule has 4 aromatic rings. The highest BCUT2D eigenvalue weighted by Gasteiger charge is 2.21. The fourth-order valence-corrected chi connectivity index (χ4v) is 4.12. The van der Waals surface area contributed by atoms with Crippen LogP contribution in [0.1, 0.15) is 19.8 Å². The molecule has 3 aromatic carbocycles. The van der Waals surface area contributed by atoms with E-state index in [1.165, 1.54) is 0 Å². The van der Waals surface area contributed by atoms with Crippen molar-refractivity contribution in [2.45, 2.75) is 26.3 Å². The highest BCUT2D eigenvalue weighted by molar-refractivity contribution is 6.32. The van der Waals surface area contributed by atoms with Crippen LogP contribution < -0.4 is 4.74 Å². The molecule has 148 valence electrons. The number of rotatable bonds is 6. The Morgan fingerprint density at radius 3 is 2.52 bits per heavy atom. The first-order chi connectivity index (χ1) is 14.1. The van der Waals surface area contributed by atoms with Gasteiger partial charge in [-0.05, 0) is 41.4 Å². The SMILES string of the molecule is CCCCn1c(-c2ccc(OC)c(Cl)c2)cc2c(N=O)c3ccccc3c(O)c21. The molecular formula is C23H21ClN2O3. The van der Waals surface area contributed by atoms with Crippen LogP contribution in [0.5, 0.6) is 11.5 Å². The van der Waals surface area contributed by atoms with Gasteiger partial charge in [0.15, 0.2) is 0 Å². The third kappa shape index (κ3) is 3.12. The minimum atomic E-state index is 0.157. The molecule has 0 aliphatic heterocycles. The summed E-state index contributed by atoms with van der Waals surface area (Å²) in [6.07, 6.45) is 1.92. The summed E-state index contributed by atoms with van der Waals surface area (Å²) in [5.41, 5.74) is 2.70. The van der Waals surface area contributed by atoms with Crippen molar-refractivity contribution in [2.75, 3.05) is 7.11 Å². The Morgan fingerprint density at radius 1 is 1.10 bits per heavy atom. The summed E-state index contributed by atoms with van der Waals surface area (Å²) in [6.45, 7) is 2.81. The maximum atomic E-state index is 11.8. The first-order valence-electron chi connectivity index (χ1n) is 9.54. The molecule has 0 unspecified atom stereocenters. The number of aromatic hydroxyl groups is 1. The van der Waals surface area contributed by atoms with Crippen molar-refractivity contribution in [2.24, 2.45) is 5.18 Å². The molecule has 0 radical (unpaired) electrons. The normalized spacial score (nSPS) is 11.3. The minimum Gasteiger partial charge on any atom is -0.505 e. The van der Waals surface area contributed by atoms with Crippen LogP contribution in [0.2, 0.25) is 5.02 Å². The van der Waals surface area contributed by atoms with E-state index < -0.39 is 0 Å². The number of aromatic nitrogens is 1. The first kappa shape index (κ1) is 19.3. The molecule has 0 saturated carbocycles. The van der Waals surface area contributed by atoms with Gasteiger partial charge in [0.25, 0.3) is 0 Å². The molecule has 4 rings (SSSR count). The van der Waals surface area contributed by atoms with Crippen molar-refractivity contribution in [3.63, 3.8) is 0 Å². The molecule has 0 aliphatic carbocycles. The first-order valence-corrected chi connectivity index (χ1v) is 9.92. The van der Waals surface area contributed by atoms with Crippen molar-refractivity contribution < 1.29 is 9.84 Å². The number of unbranched alkanes of at least 4 members (excludes halogenated alkanes) is 1. The van der Waals surface area contributed by atoms with Crippen LogP contribution in [0, 0.1) is 4.91 Å². The van der Waals surface area contributed by atoms with Crippen molar-refractivity contribution in [3.8, 4) is 22.8 Å². The fourth-order valence-electron chi connectivity index (χ4n) is 3.87. The third-order valence-electron chi connectivity index (χ3n) is 5.29. The summed E-state index contributed by atoms with van der Waals surface area (Å²) in [6, 6.07) is 14.8. The average molecular weight is 409 g/mol. The molecule has 0 saturated heterocycles. The van der Waals surface area contributed by atoms with E-state index in [0.717, 1.165) is 24.1 Å². The van der Waals surface area contributed by atoms with Gasteiger partial charge in [0.2, 0.25) is 0 Å². The number of hydrogen-bond donors (Lipinski definition) is 1. The largest absolute Gasteiger partial charge is 0.505 e. The number of benzene rings is 3. The lowest BCUT2D eigenvalue weighted by Crippen LogP contribution is -2.00. The molecule has 0 fully saturated rings. The lowest BCUT2D eigenvalue weighted by molar-refractivity contribution is 0.415. The highest BCUT2D eigenvalue weighted by atomic mass is 35.5. The van der Waals surface area contributed by atoms with E-state index in [4.69, 9.17) is 16.3 Å². The Morgan fingerprint density at radius 2 is 1.86 bits per heavy atom. The molecule has 0 spiro atoms. The van der Waals surface area contributed by atoms with Crippen LogP contribution in [0.3, 0.4) is 0 Å². The Kier molecular flexibility index (Phi) is 5.16. The number of aryl methyl sites for hydroxylation is 1. The van der Waals surface area contributed by atoms with Gasteiger partial charge >= 0.3 is 0 Å². The molecule has 0 aliphatic rings. The summed E-state index contributed by atoms with van der Waals surface area (Å²) in [4.78, 5) is 11.8. The maximum Gasteiger partial charge on any atom is 0.147 e. The Bertz CT molecular complexity index is 1230. The number of fused-ring (bicyclic) bond motifs is 2. The van der Waals surface area contributed by atoms with Gasteiger partial charge in [0.05, 0.1) is 17.6 Å². The maximum absolute atomic E-state index is 11.8. The topological polar surface area (TPSA) is 63.8 Å². The zero-order chi connectivity index (χ0) is 20.5. The summed E-state index contributed by atoms with van der Waals surface area (Å²) >= 11 is 6.36. The van der Waals surface area contributed by atoms with E-state index in [0.29, 0.717) is 44.7 Å². The predicted octanol–water partition coefficient (Wildman–Crippen LogP) is 7.03. The summed E-state index contributed by atoms with van der Waals surface area (Å²) in [5.74, 6) is 0.750. The zero-order valence-corrected chi connectivity index (χ0v) is 17.0. The van der Waals surface area contributed by atoms with Crippen molar-refractivity contribution in [1.82, 2.24) is 4.57 Å². The molecule has 29 heavy (non-hydrogen) atoms. The molecule has 1 heterocycles. The smallest absolute Gasteiger partial charge is 0.147 e.